The number of ketones is 1. The van der Waals surface area contributed by atoms with Gasteiger partial charge in [-0.15, -0.1) is 0 Å². The Morgan fingerprint density at radius 2 is 1.40 bits per heavy atom. The van der Waals surface area contributed by atoms with Crippen LogP contribution in [0.25, 0.3) is 11.3 Å². The second-order valence-electron chi connectivity index (χ2n) is 11.0. The minimum atomic E-state index is -1.27. The quantitative estimate of drug-likeness (QED) is 0.197. The minimum Gasteiger partial charge on any atom is -0.497 e. The van der Waals surface area contributed by atoms with E-state index in [0.29, 0.717) is 39.5 Å². The van der Waals surface area contributed by atoms with Gasteiger partial charge in [0.05, 0.1) is 43.7 Å². The van der Waals surface area contributed by atoms with E-state index in [4.69, 9.17) is 19.3 Å². The van der Waals surface area contributed by atoms with Crippen molar-refractivity contribution in [2.45, 2.75) is 32.7 Å². The van der Waals surface area contributed by atoms with Crippen LogP contribution in [-0.2, 0) is 23.9 Å². The molecule has 0 amide bonds. The third-order valence-corrected chi connectivity index (χ3v) is 8.48. The first-order valence-corrected chi connectivity index (χ1v) is 15.1. The number of aryl methyl sites for hydroxylation is 1. The highest BCUT2D eigenvalue weighted by Crippen LogP contribution is 2.55. The Bertz CT molecular complexity index is 1760. The number of benzene rings is 3. The number of hydrogen-bond donors (Lipinski definition) is 1. The van der Waals surface area contributed by atoms with Crippen molar-refractivity contribution in [2.24, 2.45) is 11.8 Å². The lowest BCUT2D eigenvalue weighted by molar-refractivity contribution is -0.154. The normalized spacial score (nSPS) is 20.5. The highest BCUT2D eigenvalue weighted by molar-refractivity contribution is 6.19. The number of aromatic nitrogens is 2. The van der Waals surface area contributed by atoms with Crippen molar-refractivity contribution in [2.75, 3.05) is 25.6 Å². The Balaban J connectivity index is 1.69. The van der Waals surface area contributed by atoms with Crippen molar-refractivity contribution in [3.8, 4) is 11.4 Å². The molecule has 9 nitrogen and oxygen atoms in total. The molecule has 4 atom stereocenters. The smallest absolute Gasteiger partial charge is 0.317 e. The minimum absolute atomic E-state index is 0.0906. The summed E-state index contributed by atoms with van der Waals surface area (Å²) in [5, 5.41) is 8.48. The number of nitrogens with zero attached hydrogens (tertiary/aromatic N) is 2. The van der Waals surface area contributed by atoms with Crippen molar-refractivity contribution in [1.29, 1.82) is 0 Å². The zero-order valence-electron chi connectivity index (χ0n) is 25.7. The zero-order chi connectivity index (χ0) is 31.7. The van der Waals surface area contributed by atoms with Gasteiger partial charge in [0.25, 0.3) is 0 Å². The summed E-state index contributed by atoms with van der Waals surface area (Å²) in [6, 6.07) is 25.5. The number of carbonyl (C=O) groups is 3. The molecular formula is C36H35N3O6. The Labute approximate surface area is 261 Å². The van der Waals surface area contributed by atoms with Crippen molar-refractivity contribution in [3.05, 3.63) is 113 Å². The highest BCUT2D eigenvalue weighted by Gasteiger charge is 2.55. The van der Waals surface area contributed by atoms with Gasteiger partial charge in [-0.05, 0) is 61.7 Å². The molecule has 2 heterocycles. The van der Waals surface area contributed by atoms with Crippen LogP contribution in [0.1, 0.15) is 48.2 Å². The van der Waals surface area contributed by atoms with Crippen LogP contribution in [0.4, 0.5) is 5.82 Å². The first kappa shape index (κ1) is 29.9. The van der Waals surface area contributed by atoms with Gasteiger partial charge in [0.2, 0.25) is 0 Å². The Morgan fingerprint density at radius 1 is 0.800 bits per heavy atom. The molecule has 1 N–H and O–H groups in total. The first-order chi connectivity index (χ1) is 21.9. The summed E-state index contributed by atoms with van der Waals surface area (Å²) < 4.78 is 18.4. The van der Waals surface area contributed by atoms with Gasteiger partial charge in [0, 0.05) is 17.1 Å². The van der Waals surface area contributed by atoms with Crippen molar-refractivity contribution < 1.29 is 28.6 Å². The van der Waals surface area contributed by atoms with Crippen LogP contribution in [0.5, 0.6) is 5.75 Å². The molecule has 0 saturated heterocycles. The molecule has 0 spiro atoms. The molecule has 4 unspecified atom stereocenters. The second kappa shape index (κ2) is 12.4. The molecule has 6 rings (SSSR count). The summed E-state index contributed by atoms with van der Waals surface area (Å²) >= 11 is 0. The molecule has 1 aliphatic heterocycles. The second-order valence-corrected chi connectivity index (χ2v) is 11.0. The molecule has 0 saturated carbocycles. The number of ether oxygens (including phenoxy) is 3. The van der Waals surface area contributed by atoms with E-state index in [0.717, 1.165) is 11.3 Å². The Kier molecular flexibility index (Phi) is 8.26. The molecule has 0 radical (unpaired) electrons. The van der Waals surface area contributed by atoms with E-state index >= 15 is 0 Å². The van der Waals surface area contributed by atoms with E-state index in [9.17, 15) is 14.4 Å². The summed E-state index contributed by atoms with van der Waals surface area (Å²) in [5.74, 6) is -3.43. The van der Waals surface area contributed by atoms with Gasteiger partial charge in [0.1, 0.15) is 17.5 Å². The van der Waals surface area contributed by atoms with Crippen LogP contribution in [-0.4, -0.2) is 47.8 Å². The van der Waals surface area contributed by atoms with Crippen molar-refractivity contribution >= 4 is 29.1 Å². The van der Waals surface area contributed by atoms with Crippen molar-refractivity contribution in [3.63, 3.8) is 0 Å². The fraction of sp³-hybridized carbons (Fsp3) is 0.278. The van der Waals surface area contributed by atoms with Gasteiger partial charge in [0.15, 0.2) is 5.78 Å². The molecule has 1 aromatic heterocycles. The van der Waals surface area contributed by atoms with Crippen LogP contribution >= 0.6 is 0 Å². The number of anilines is 1. The van der Waals surface area contributed by atoms with E-state index in [1.807, 2.05) is 91.9 Å². The number of fused-ring (bicyclic) bond motifs is 2. The van der Waals surface area contributed by atoms with Crippen LogP contribution in [0.2, 0.25) is 0 Å². The number of nitrogens with one attached hydrogen (secondary N) is 1. The summed E-state index contributed by atoms with van der Waals surface area (Å²) in [4.78, 5) is 42.8. The summed E-state index contributed by atoms with van der Waals surface area (Å²) in [5.41, 5.74) is 4.35. The molecular weight excluding hydrogens is 570 g/mol. The number of Topliss-reactive ketones (excluding diaryl/α,β-unsaturated/α-hetero) is 1. The summed E-state index contributed by atoms with van der Waals surface area (Å²) in [6.45, 7) is 5.53. The van der Waals surface area contributed by atoms with Crippen molar-refractivity contribution in [1.82, 2.24) is 9.78 Å². The summed E-state index contributed by atoms with van der Waals surface area (Å²) in [7, 11) is 1.59. The standard InChI is InChI=1S/C36H35N3O6/c1-5-44-35(41)29-27(22-13-9-7-10-14-22)31(36(42)45-6-2)33(40)30-28(29)26-21(3)38-39(24-15-11-8-12-16-24)34(26)37-32(30)23-17-19-25(43-4)20-18-23/h7-20,27,29,31-32,37H,5-6H2,1-4H3. The molecule has 9 heteroatoms. The third kappa shape index (κ3) is 5.18. The number of carbonyl (C=O) groups excluding carboxylic acids is 3. The lowest BCUT2D eigenvalue weighted by Crippen LogP contribution is -2.46. The number of hydrogen-bond acceptors (Lipinski definition) is 8. The predicted molar refractivity (Wildman–Crippen MR) is 169 cm³/mol. The zero-order valence-corrected chi connectivity index (χ0v) is 25.7. The largest absolute Gasteiger partial charge is 0.497 e. The topological polar surface area (TPSA) is 109 Å². The van der Waals surface area contributed by atoms with Gasteiger partial charge in [-0.3, -0.25) is 14.4 Å². The number of para-hydroxylation sites is 1. The van der Waals surface area contributed by atoms with Gasteiger partial charge in [-0.2, -0.15) is 5.10 Å². The molecule has 2 aliphatic rings. The van der Waals surface area contributed by atoms with Gasteiger partial charge < -0.3 is 19.5 Å². The van der Waals surface area contributed by atoms with E-state index in [1.54, 1.807) is 25.6 Å². The van der Waals surface area contributed by atoms with Crippen LogP contribution < -0.4 is 10.1 Å². The van der Waals surface area contributed by atoms with Gasteiger partial charge in [-0.1, -0.05) is 60.7 Å². The predicted octanol–water partition coefficient (Wildman–Crippen LogP) is 5.83. The number of esters is 2. The maximum Gasteiger partial charge on any atom is 0.317 e. The molecule has 45 heavy (non-hydrogen) atoms. The highest BCUT2D eigenvalue weighted by atomic mass is 16.5. The maximum atomic E-state index is 14.9. The molecule has 1 aliphatic carbocycles. The van der Waals surface area contributed by atoms with E-state index in [2.05, 4.69) is 5.32 Å². The average molecular weight is 606 g/mol. The van der Waals surface area contributed by atoms with Crippen LogP contribution in [0.3, 0.4) is 0 Å². The lowest BCUT2D eigenvalue weighted by Gasteiger charge is -2.42. The Morgan fingerprint density at radius 3 is 2.00 bits per heavy atom. The lowest BCUT2D eigenvalue weighted by atomic mass is 9.61. The number of methoxy groups -OCH3 is 1. The molecule has 3 aromatic carbocycles. The Hall–Kier alpha value is -5.18. The number of rotatable bonds is 8. The average Bonchev–Trinajstić information content (AvgIpc) is 3.41. The first-order valence-electron chi connectivity index (χ1n) is 15.1. The molecule has 4 aromatic rings. The molecule has 0 fully saturated rings. The monoisotopic (exact) mass is 605 g/mol. The third-order valence-electron chi connectivity index (χ3n) is 8.48. The molecule has 0 bridgehead atoms. The van der Waals surface area contributed by atoms with E-state index in [1.165, 1.54) is 0 Å². The molecule has 230 valence electrons. The SMILES string of the molecule is CCOC(=O)C1C(=O)C2=C(c3c(C)nn(-c4ccccc4)c3NC2c2ccc(OC)cc2)C(C(=O)OCC)C1c1ccccc1. The van der Waals surface area contributed by atoms with Gasteiger partial charge >= 0.3 is 11.9 Å². The maximum absolute atomic E-state index is 14.9. The van der Waals surface area contributed by atoms with E-state index < -0.39 is 41.5 Å². The fourth-order valence-corrected chi connectivity index (χ4v) is 6.63. The summed E-state index contributed by atoms with van der Waals surface area (Å²) in [6.07, 6.45) is 0. The van der Waals surface area contributed by atoms with Gasteiger partial charge in [-0.25, -0.2) is 4.68 Å². The van der Waals surface area contributed by atoms with Crippen LogP contribution in [0, 0.1) is 18.8 Å². The fourth-order valence-electron chi connectivity index (χ4n) is 6.63. The van der Waals surface area contributed by atoms with E-state index in [-0.39, 0.29) is 13.2 Å². The van der Waals surface area contributed by atoms with Crippen LogP contribution in [0.15, 0.2) is 90.5 Å².